The molecule has 2 amide bonds. The average Bonchev–Trinajstić information content (AvgIpc) is 3.69. The Balaban J connectivity index is 1.57. The molecule has 0 aliphatic carbocycles. The number of nitrogens with zero attached hydrogens (tertiary/aromatic N) is 6. The third-order valence-corrected chi connectivity index (χ3v) is 6.94. The van der Waals surface area contributed by atoms with Crippen LogP contribution in [0.2, 0.25) is 0 Å². The summed E-state index contributed by atoms with van der Waals surface area (Å²) in [7, 11) is 0. The van der Waals surface area contributed by atoms with Gasteiger partial charge in [-0.15, -0.1) is 0 Å². The molecule has 3 aromatic heterocycles. The molecule has 4 aromatic rings. The van der Waals surface area contributed by atoms with Gasteiger partial charge < -0.3 is 35.1 Å². The number of amides is 2. The van der Waals surface area contributed by atoms with Crippen molar-refractivity contribution >= 4 is 40.8 Å². The molecule has 0 aliphatic heterocycles. The summed E-state index contributed by atoms with van der Waals surface area (Å²) < 4.78 is 22.3. The van der Waals surface area contributed by atoms with Gasteiger partial charge in [0.15, 0.2) is 0 Å². The summed E-state index contributed by atoms with van der Waals surface area (Å²) in [6.07, 6.45) is 3.55. The predicted molar refractivity (Wildman–Crippen MR) is 181 cm³/mol. The van der Waals surface area contributed by atoms with E-state index in [-0.39, 0.29) is 25.3 Å². The first-order valence-corrected chi connectivity index (χ1v) is 15.9. The molecule has 0 aliphatic rings. The number of hydrogen-bond acceptors (Lipinski definition) is 10. The van der Waals surface area contributed by atoms with Crippen LogP contribution in [-0.2, 0) is 29.1 Å². The molecule has 1 aromatic carbocycles. The van der Waals surface area contributed by atoms with E-state index in [1.54, 1.807) is 49.7 Å². The Kier molecular flexibility index (Phi) is 11.5. The van der Waals surface area contributed by atoms with Gasteiger partial charge in [0.2, 0.25) is 11.9 Å². The van der Waals surface area contributed by atoms with Gasteiger partial charge in [0, 0.05) is 44.2 Å². The lowest BCUT2D eigenvalue weighted by atomic mass is 10.1. The summed E-state index contributed by atoms with van der Waals surface area (Å²) in [5.74, 6) is 0.510. The van der Waals surface area contributed by atoms with Crippen LogP contribution in [0, 0.1) is 13.8 Å². The van der Waals surface area contributed by atoms with E-state index >= 15 is 0 Å². The van der Waals surface area contributed by atoms with Crippen LogP contribution in [-0.4, -0.2) is 72.4 Å². The molecule has 0 radical (unpaired) electrons. The smallest absolute Gasteiger partial charge is 0.407 e. The van der Waals surface area contributed by atoms with Crippen molar-refractivity contribution in [3.05, 3.63) is 59.1 Å². The molecule has 15 heteroatoms. The molecule has 258 valence electrons. The molecule has 0 spiro atoms. The maximum Gasteiger partial charge on any atom is 0.407 e. The SMILES string of the molecule is CCn1nc(C)cc1Nc1nc2cc(C(N)=O)cc(OCCCOC(=O)c3cc(C)nn3CC)c2n1C/C=C/CNC(=O)OC(C)(C)C. The molecule has 4 rings (SSSR count). The summed E-state index contributed by atoms with van der Waals surface area (Å²) >= 11 is 0. The van der Waals surface area contributed by atoms with Crippen molar-refractivity contribution < 1.29 is 28.6 Å². The molecular formula is C33H45N9O6. The van der Waals surface area contributed by atoms with E-state index < -0.39 is 23.6 Å². The van der Waals surface area contributed by atoms with Gasteiger partial charge in [-0.1, -0.05) is 12.2 Å². The van der Waals surface area contributed by atoms with Crippen molar-refractivity contribution in [1.29, 1.82) is 0 Å². The standard InChI is InChI=1S/C33H45N9O6/c1-8-41-25(17-21(3)38-41)30(44)47-16-12-15-46-26-20-23(29(34)43)19-24-28(26)40(14-11-10-13-35-32(45)48-33(5,6)7)31(36-24)37-27-18-22(4)39-42(27)9-2/h10-11,17-20H,8-9,12-16H2,1-7H3,(H2,34,43)(H,35,45)(H,36,37)/b11-10+. The number of hydrogen-bond donors (Lipinski definition) is 3. The monoisotopic (exact) mass is 663 g/mol. The van der Waals surface area contributed by atoms with E-state index in [0.717, 1.165) is 17.2 Å². The Morgan fingerprint density at radius 3 is 2.35 bits per heavy atom. The summed E-state index contributed by atoms with van der Waals surface area (Å²) in [5.41, 5.74) is 8.37. The van der Waals surface area contributed by atoms with Gasteiger partial charge in [0.05, 0.1) is 30.1 Å². The van der Waals surface area contributed by atoms with Gasteiger partial charge in [-0.25, -0.2) is 19.3 Å². The lowest BCUT2D eigenvalue weighted by molar-refractivity contribution is 0.0470. The van der Waals surface area contributed by atoms with E-state index in [1.807, 2.05) is 49.1 Å². The molecular weight excluding hydrogens is 618 g/mol. The van der Waals surface area contributed by atoms with E-state index in [0.29, 0.717) is 54.5 Å². The number of fused-ring (bicyclic) bond motifs is 1. The Labute approximate surface area is 279 Å². The van der Waals surface area contributed by atoms with Crippen molar-refractivity contribution in [2.24, 2.45) is 5.73 Å². The second kappa shape index (κ2) is 15.5. The van der Waals surface area contributed by atoms with Crippen LogP contribution in [0.4, 0.5) is 16.6 Å². The molecule has 15 nitrogen and oxygen atoms in total. The van der Waals surface area contributed by atoms with Gasteiger partial charge in [0.1, 0.15) is 28.4 Å². The molecule has 48 heavy (non-hydrogen) atoms. The van der Waals surface area contributed by atoms with Crippen LogP contribution >= 0.6 is 0 Å². The molecule has 4 N–H and O–H groups in total. The second-order valence-corrected chi connectivity index (χ2v) is 12.0. The number of nitrogens with two attached hydrogens (primary N) is 1. The number of aromatic nitrogens is 6. The number of ether oxygens (including phenoxy) is 3. The average molecular weight is 664 g/mol. The lowest BCUT2D eigenvalue weighted by Crippen LogP contribution is -2.32. The zero-order chi connectivity index (χ0) is 35.0. The van der Waals surface area contributed by atoms with Crippen LogP contribution in [0.25, 0.3) is 11.0 Å². The number of carbonyl (C=O) groups is 3. The van der Waals surface area contributed by atoms with E-state index in [2.05, 4.69) is 20.8 Å². The Bertz CT molecular complexity index is 1790. The molecule has 0 atom stereocenters. The van der Waals surface area contributed by atoms with Gasteiger partial charge >= 0.3 is 12.1 Å². The van der Waals surface area contributed by atoms with Crippen molar-refractivity contribution in [3.63, 3.8) is 0 Å². The Hall–Kier alpha value is -5.34. The topological polar surface area (TPSA) is 182 Å². The van der Waals surface area contributed by atoms with Gasteiger partial charge in [0.25, 0.3) is 0 Å². The zero-order valence-electron chi connectivity index (χ0n) is 28.6. The highest BCUT2D eigenvalue weighted by Gasteiger charge is 2.20. The maximum atomic E-state index is 12.6. The highest BCUT2D eigenvalue weighted by molar-refractivity contribution is 5.99. The first kappa shape index (κ1) is 35.5. The first-order chi connectivity index (χ1) is 22.8. The van der Waals surface area contributed by atoms with Crippen LogP contribution in [0.5, 0.6) is 5.75 Å². The number of carbonyl (C=O) groups excluding carboxylic acids is 3. The molecule has 0 bridgehead atoms. The number of esters is 1. The molecule has 3 heterocycles. The minimum Gasteiger partial charge on any atom is -0.491 e. The predicted octanol–water partition coefficient (Wildman–Crippen LogP) is 4.64. The highest BCUT2D eigenvalue weighted by Crippen LogP contribution is 2.32. The van der Waals surface area contributed by atoms with Crippen molar-refractivity contribution in [2.75, 3.05) is 25.1 Å². The number of allylic oxidation sites excluding steroid dienone is 1. The van der Waals surface area contributed by atoms with Gasteiger partial charge in [-0.3, -0.25) is 9.48 Å². The molecule has 0 unspecified atom stereocenters. The van der Waals surface area contributed by atoms with Gasteiger partial charge in [-0.05, 0) is 66.7 Å². The number of anilines is 2. The molecule has 0 fully saturated rings. The normalized spacial score (nSPS) is 11.6. The van der Waals surface area contributed by atoms with Crippen molar-refractivity contribution in [1.82, 2.24) is 34.4 Å². The van der Waals surface area contributed by atoms with Crippen molar-refractivity contribution in [2.45, 2.75) is 80.1 Å². The highest BCUT2D eigenvalue weighted by atomic mass is 16.6. The molecule has 0 saturated carbocycles. The van der Waals surface area contributed by atoms with Crippen LogP contribution in [0.15, 0.2) is 36.4 Å². The summed E-state index contributed by atoms with van der Waals surface area (Å²) in [6, 6.07) is 6.80. The van der Waals surface area contributed by atoms with Crippen LogP contribution < -0.4 is 21.1 Å². The second-order valence-electron chi connectivity index (χ2n) is 12.0. The van der Waals surface area contributed by atoms with Crippen LogP contribution in [0.1, 0.15) is 73.3 Å². The fourth-order valence-electron chi connectivity index (χ4n) is 4.91. The number of imidazole rings is 1. The number of benzene rings is 1. The minimum atomic E-state index is -0.629. The third kappa shape index (κ3) is 9.14. The fourth-order valence-corrected chi connectivity index (χ4v) is 4.91. The van der Waals surface area contributed by atoms with Crippen molar-refractivity contribution in [3.8, 4) is 5.75 Å². The lowest BCUT2D eigenvalue weighted by Gasteiger charge is -2.19. The quantitative estimate of drug-likeness (QED) is 0.0921. The molecule has 0 saturated heterocycles. The Morgan fingerprint density at radius 1 is 0.958 bits per heavy atom. The summed E-state index contributed by atoms with van der Waals surface area (Å²) in [6.45, 7) is 15.1. The van der Waals surface area contributed by atoms with E-state index in [1.165, 1.54) is 0 Å². The van der Waals surface area contributed by atoms with E-state index in [9.17, 15) is 14.4 Å². The fraction of sp³-hybridized carbons (Fsp3) is 0.455. The minimum absolute atomic E-state index is 0.116. The summed E-state index contributed by atoms with van der Waals surface area (Å²) in [5, 5.41) is 14.9. The number of primary amides is 1. The number of nitrogens with one attached hydrogen (secondary N) is 2. The van der Waals surface area contributed by atoms with Crippen LogP contribution in [0.3, 0.4) is 0 Å². The van der Waals surface area contributed by atoms with Gasteiger partial charge in [-0.2, -0.15) is 10.2 Å². The zero-order valence-corrected chi connectivity index (χ0v) is 28.6. The van der Waals surface area contributed by atoms with E-state index in [4.69, 9.17) is 24.9 Å². The maximum absolute atomic E-state index is 12.6. The Morgan fingerprint density at radius 2 is 1.67 bits per heavy atom. The number of aryl methyl sites for hydroxylation is 4. The largest absolute Gasteiger partial charge is 0.491 e. The summed E-state index contributed by atoms with van der Waals surface area (Å²) in [4.78, 5) is 41.8. The number of alkyl carbamates (subject to hydrolysis) is 1. The number of rotatable bonds is 15. The first-order valence-electron chi connectivity index (χ1n) is 15.9. The third-order valence-electron chi connectivity index (χ3n) is 6.94.